The van der Waals surface area contributed by atoms with Gasteiger partial charge in [0.1, 0.15) is 5.82 Å². The van der Waals surface area contributed by atoms with Crippen molar-refractivity contribution in [2.24, 2.45) is 11.7 Å². The summed E-state index contributed by atoms with van der Waals surface area (Å²) in [5.41, 5.74) is 6.34. The lowest BCUT2D eigenvalue weighted by molar-refractivity contribution is -0.125. The molecule has 3 nitrogen and oxygen atoms in total. The highest BCUT2D eigenvalue weighted by molar-refractivity contribution is 5.79. The second kappa shape index (κ2) is 7.11. The zero-order valence-corrected chi connectivity index (χ0v) is 10.9. The van der Waals surface area contributed by atoms with Gasteiger partial charge >= 0.3 is 0 Å². The standard InChI is InChI=1S/C14H21FN2O/c1-3-5-12(9-16)14(18)17-10(2)11-6-4-7-13(15)8-11/h4,6-8,10,12H,3,5,9,16H2,1-2H3,(H,17,18)/t10-,12?/m1/s1. The third-order valence-electron chi connectivity index (χ3n) is 3.00. The van der Waals surface area contributed by atoms with Crippen molar-refractivity contribution in [1.82, 2.24) is 5.32 Å². The van der Waals surface area contributed by atoms with Gasteiger partial charge in [-0.05, 0) is 31.0 Å². The number of carbonyl (C=O) groups is 1. The van der Waals surface area contributed by atoms with Crippen molar-refractivity contribution in [3.8, 4) is 0 Å². The lowest BCUT2D eigenvalue weighted by atomic mass is 10.0. The lowest BCUT2D eigenvalue weighted by Gasteiger charge is -2.19. The molecule has 100 valence electrons. The van der Waals surface area contributed by atoms with Crippen LogP contribution in [0.3, 0.4) is 0 Å². The molecule has 0 aliphatic heterocycles. The maximum Gasteiger partial charge on any atom is 0.224 e. The van der Waals surface area contributed by atoms with Crippen molar-refractivity contribution >= 4 is 5.91 Å². The van der Waals surface area contributed by atoms with Crippen LogP contribution in [0.4, 0.5) is 4.39 Å². The molecule has 0 radical (unpaired) electrons. The molecule has 0 heterocycles. The molecule has 0 fully saturated rings. The van der Waals surface area contributed by atoms with Crippen LogP contribution in [0.2, 0.25) is 0 Å². The second-order valence-electron chi connectivity index (χ2n) is 4.51. The average molecular weight is 252 g/mol. The number of carbonyl (C=O) groups excluding carboxylic acids is 1. The van der Waals surface area contributed by atoms with E-state index in [4.69, 9.17) is 5.73 Å². The van der Waals surface area contributed by atoms with Crippen molar-refractivity contribution in [3.63, 3.8) is 0 Å². The van der Waals surface area contributed by atoms with Gasteiger partial charge in [0.25, 0.3) is 0 Å². The van der Waals surface area contributed by atoms with Crippen molar-refractivity contribution in [2.45, 2.75) is 32.7 Å². The van der Waals surface area contributed by atoms with Gasteiger partial charge in [-0.2, -0.15) is 0 Å². The Balaban J connectivity index is 2.63. The molecule has 1 rings (SSSR count). The summed E-state index contributed by atoms with van der Waals surface area (Å²) in [7, 11) is 0. The molecule has 3 N–H and O–H groups in total. The number of halogens is 1. The van der Waals surface area contributed by atoms with Crippen molar-refractivity contribution < 1.29 is 9.18 Å². The molecule has 0 bridgehead atoms. The minimum atomic E-state index is -0.294. The molecule has 0 aliphatic rings. The fraction of sp³-hybridized carbons (Fsp3) is 0.500. The predicted octanol–water partition coefficient (Wildman–Crippen LogP) is 2.38. The Bertz CT molecular complexity index is 395. The van der Waals surface area contributed by atoms with Gasteiger partial charge in [0.05, 0.1) is 12.0 Å². The van der Waals surface area contributed by atoms with Gasteiger partial charge in [0, 0.05) is 6.54 Å². The summed E-state index contributed by atoms with van der Waals surface area (Å²) in [6, 6.07) is 6.05. The van der Waals surface area contributed by atoms with E-state index in [0.717, 1.165) is 18.4 Å². The second-order valence-corrected chi connectivity index (χ2v) is 4.51. The number of amides is 1. The molecule has 1 amide bonds. The fourth-order valence-electron chi connectivity index (χ4n) is 1.89. The first-order valence-corrected chi connectivity index (χ1v) is 6.34. The van der Waals surface area contributed by atoms with E-state index in [9.17, 15) is 9.18 Å². The van der Waals surface area contributed by atoms with E-state index in [2.05, 4.69) is 5.32 Å². The van der Waals surface area contributed by atoms with E-state index < -0.39 is 0 Å². The Hall–Kier alpha value is -1.42. The number of hydrogen-bond donors (Lipinski definition) is 2. The van der Waals surface area contributed by atoms with E-state index in [1.54, 1.807) is 12.1 Å². The monoisotopic (exact) mass is 252 g/mol. The molecule has 0 saturated heterocycles. The van der Waals surface area contributed by atoms with Crippen molar-refractivity contribution in [2.75, 3.05) is 6.54 Å². The summed E-state index contributed by atoms with van der Waals surface area (Å²) in [5.74, 6) is -0.514. The Labute approximate surface area is 108 Å². The quantitative estimate of drug-likeness (QED) is 0.816. The number of hydrogen-bond acceptors (Lipinski definition) is 2. The summed E-state index contributed by atoms with van der Waals surface area (Å²) in [4.78, 5) is 11.9. The number of benzene rings is 1. The smallest absolute Gasteiger partial charge is 0.224 e. The lowest BCUT2D eigenvalue weighted by Crippen LogP contribution is -2.36. The Kier molecular flexibility index (Phi) is 5.78. The molecule has 0 saturated carbocycles. The summed E-state index contributed by atoms with van der Waals surface area (Å²) >= 11 is 0. The zero-order chi connectivity index (χ0) is 13.5. The van der Waals surface area contributed by atoms with Crippen molar-refractivity contribution in [1.29, 1.82) is 0 Å². The zero-order valence-electron chi connectivity index (χ0n) is 10.9. The van der Waals surface area contributed by atoms with Gasteiger partial charge in [-0.1, -0.05) is 25.5 Å². The van der Waals surface area contributed by atoms with Gasteiger partial charge in [0.2, 0.25) is 5.91 Å². The largest absolute Gasteiger partial charge is 0.349 e. The van der Waals surface area contributed by atoms with Crippen LogP contribution < -0.4 is 11.1 Å². The van der Waals surface area contributed by atoms with E-state index in [0.29, 0.717) is 6.54 Å². The highest BCUT2D eigenvalue weighted by Gasteiger charge is 2.18. The van der Waals surface area contributed by atoms with E-state index in [1.165, 1.54) is 12.1 Å². The molecule has 18 heavy (non-hydrogen) atoms. The van der Waals surface area contributed by atoms with Gasteiger partial charge < -0.3 is 11.1 Å². The van der Waals surface area contributed by atoms with E-state index >= 15 is 0 Å². The maximum atomic E-state index is 13.1. The molecule has 1 aromatic carbocycles. The predicted molar refractivity (Wildman–Crippen MR) is 70.4 cm³/mol. The SMILES string of the molecule is CCCC(CN)C(=O)N[C@H](C)c1cccc(F)c1. The third kappa shape index (κ3) is 4.11. The van der Waals surface area contributed by atoms with Crippen LogP contribution in [0.15, 0.2) is 24.3 Å². The van der Waals surface area contributed by atoms with Gasteiger partial charge in [-0.15, -0.1) is 0 Å². The normalized spacial score (nSPS) is 14.0. The molecule has 1 unspecified atom stereocenters. The fourth-order valence-corrected chi connectivity index (χ4v) is 1.89. The van der Waals surface area contributed by atoms with Crippen LogP contribution in [0, 0.1) is 11.7 Å². The average Bonchev–Trinajstić information content (AvgIpc) is 2.35. The topological polar surface area (TPSA) is 55.1 Å². The van der Waals surface area contributed by atoms with Crippen LogP contribution in [0.1, 0.15) is 38.3 Å². The van der Waals surface area contributed by atoms with Crippen molar-refractivity contribution in [3.05, 3.63) is 35.6 Å². The molecule has 0 aromatic heterocycles. The highest BCUT2D eigenvalue weighted by atomic mass is 19.1. The minimum absolute atomic E-state index is 0.0592. The summed E-state index contributed by atoms with van der Waals surface area (Å²) in [5, 5.41) is 2.87. The highest BCUT2D eigenvalue weighted by Crippen LogP contribution is 2.15. The van der Waals surface area contributed by atoms with Crippen LogP contribution in [-0.4, -0.2) is 12.5 Å². The van der Waals surface area contributed by atoms with Crippen LogP contribution in [0.5, 0.6) is 0 Å². The van der Waals surface area contributed by atoms with Crippen LogP contribution in [0.25, 0.3) is 0 Å². The van der Waals surface area contributed by atoms with Gasteiger partial charge in [-0.3, -0.25) is 4.79 Å². The summed E-state index contributed by atoms with van der Waals surface area (Å²) in [6.45, 7) is 4.20. The number of rotatable bonds is 6. The molecule has 4 heteroatoms. The van der Waals surface area contributed by atoms with E-state index in [-0.39, 0.29) is 23.7 Å². The first kappa shape index (κ1) is 14.6. The maximum absolute atomic E-state index is 13.1. The summed E-state index contributed by atoms with van der Waals surface area (Å²) < 4.78 is 13.1. The Morgan fingerprint density at radius 2 is 2.22 bits per heavy atom. The van der Waals surface area contributed by atoms with Gasteiger partial charge in [0.15, 0.2) is 0 Å². The van der Waals surface area contributed by atoms with E-state index in [1.807, 2.05) is 13.8 Å². The third-order valence-corrected chi connectivity index (χ3v) is 3.00. The first-order valence-electron chi connectivity index (χ1n) is 6.34. The number of nitrogens with two attached hydrogens (primary N) is 1. The van der Waals surface area contributed by atoms with Gasteiger partial charge in [-0.25, -0.2) is 4.39 Å². The molecule has 1 aromatic rings. The Morgan fingerprint density at radius 1 is 1.50 bits per heavy atom. The molecule has 0 aliphatic carbocycles. The minimum Gasteiger partial charge on any atom is -0.349 e. The van der Waals surface area contributed by atoms with Crippen LogP contribution in [-0.2, 0) is 4.79 Å². The molecule has 0 spiro atoms. The summed E-state index contributed by atoms with van der Waals surface area (Å²) in [6.07, 6.45) is 1.70. The Morgan fingerprint density at radius 3 is 2.78 bits per heavy atom. The first-order chi connectivity index (χ1) is 8.58. The number of nitrogens with one attached hydrogen (secondary N) is 1. The van der Waals surface area contributed by atoms with Crippen LogP contribution >= 0.6 is 0 Å². The molecular formula is C14H21FN2O. The molecule has 2 atom stereocenters. The molecular weight excluding hydrogens is 231 g/mol.